The molecule has 1 aromatic heterocycles. The van der Waals surface area contributed by atoms with Crippen molar-refractivity contribution in [3.8, 4) is 0 Å². The van der Waals surface area contributed by atoms with Crippen molar-refractivity contribution in [1.29, 1.82) is 0 Å². The SMILES string of the molecule is Cc1cc2c3c(c1)N(c1ccc4c(c1)C(C)(C)CCC4(C)C)c1cc4c(cc1B3c1ccc(N(c3ccc(C(C)(C)C)cc3)c3ccc(C(C)(C)C)cc3)cc1N2c1ccc2c(c1)oc1cc(C(C)(C)C)ccc12)C(C)(C)CCC4(C)C. The normalized spacial score (nSPS) is 17.5. The summed E-state index contributed by atoms with van der Waals surface area (Å²) in [4.78, 5) is 7.75. The summed E-state index contributed by atoms with van der Waals surface area (Å²) in [5, 5.41) is 2.28. The fraction of sp³-hybridized carbons (Fsp3) is 0.377. The molecule has 0 fully saturated rings. The molecule has 418 valence electrons. The van der Waals surface area contributed by atoms with Crippen LogP contribution in [0.2, 0.25) is 0 Å². The fourth-order valence-corrected chi connectivity index (χ4v) is 14.6. The van der Waals surface area contributed by atoms with Crippen LogP contribution in [0, 0.1) is 6.92 Å². The Hall–Kier alpha value is -6.98. The van der Waals surface area contributed by atoms with Crippen LogP contribution in [-0.2, 0) is 37.9 Å². The highest BCUT2D eigenvalue weighted by Gasteiger charge is 2.48. The van der Waals surface area contributed by atoms with Gasteiger partial charge in [0, 0.05) is 68.0 Å². The molecule has 82 heavy (non-hydrogen) atoms. The Morgan fingerprint density at radius 3 is 1.35 bits per heavy atom. The van der Waals surface area contributed by atoms with Crippen molar-refractivity contribution in [3.63, 3.8) is 0 Å². The second-order valence-corrected chi connectivity index (χ2v) is 31.0. The van der Waals surface area contributed by atoms with E-state index in [9.17, 15) is 0 Å². The minimum atomic E-state index is -0.0485. The first-order valence-corrected chi connectivity index (χ1v) is 30.6. The monoisotopic (exact) mass is 1080 g/mol. The second-order valence-electron chi connectivity index (χ2n) is 31.0. The molecule has 9 aromatic rings. The van der Waals surface area contributed by atoms with Crippen LogP contribution in [-0.4, -0.2) is 6.71 Å². The van der Waals surface area contributed by atoms with Gasteiger partial charge in [0.2, 0.25) is 0 Å². The zero-order valence-electron chi connectivity index (χ0n) is 52.5. The topological polar surface area (TPSA) is 22.9 Å². The number of fused-ring (bicyclic) bond motifs is 9. The minimum absolute atomic E-state index is 0.00482. The van der Waals surface area contributed by atoms with Crippen molar-refractivity contribution in [2.24, 2.45) is 0 Å². The Kier molecular flexibility index (Phi) is 11.9. The molecule has 4 aliphatic rings. The summed E-state index contributed by atoms with van der Waals surface area (Å²) in [7, 11) is 0. The number of furan rings is 1. The number of hydrogen-bond acceptors (Lipinski definition) is 4. The molecule has 0 atom stereocenters. The molecule has 0 amide bonds. The lowest BCUT2D eigenvalue weighted by atomic mass is 9.33. The number of benzene rings is 8. The third-order valence-corrected chi connectivity index (χ3v) is 20.1. The van der Waals surface area contributed by atoms with Crippen molar-refractivity contribution >= 4 is 96.2 Å². The van der Waals surface area contributed by atoms with Gasteiger partial charge >= 0.3 is 0 Å². The van der Waals surface area contributed by atoms with E-state index in [4.69, 9.17) is 4.42 Å². The standard InChI is InChI=1S/C77H86BN3O/c1-47-39-66-70-67(40-47)81(55-28-32-57-56-31-23-50(73(8,9)10)41-68(56)82-69(57)44-55)64-43-54(79(51-24-19-48(20-25-51)71(2,3)4)52-26-21-49(22-27-52)72(5,6)7)30-34-62(64)78(70)63-45-60-61(77(17,18)38-37-76(60,15)16)46-65(63)80(66)53-29-33-58-59(42-53)75(13,14)36-35-74(58,11)12/h19-34,39-46H,35-38H2,1-18H3. The quantitative estimate of drug-likeness (QED) is 0.160. The largest absolute Gasteiger partial charge is 0.456 e. The van der Waals surface area contributed by atoms with Crippen molar-refractivity contribution in [2.75, 3.05) is 14.7 Å². The predicted molar refractivity (Wildman–Crippen MR) is 354 cm³/mol. The molecular weight excluding hydrogens is 994 g/mol. The first kappa shape index (κ1) is 54.3. The van der Waals surface area contributed by atoms with E-state index in [0.29, 0.717) is 0 Å². The van der Waals surface area contributed by atoms with E-state index >= 15 is 0 Å². The van der Waals surface area contributed by atoms with Gasteiger partial charge in [-0.25, -0.2) is 0 Å². The Morgan fingerprint density at radius 1 is 0.390 bits per heavy atom. The molecule has 3 heterocycles. The maximum atomic E-state index is 6.99. The highest BCUT2D eigenvalue weighted by atomic mass is 16.3. The molecule has 2 aliphatic carbocycles. The number of anilines is 9. The maximum absolute atomic E-state index is 6.99. The smallest absolute Gasteiger partial charge is 0.252 e. The van der Waals surface area contributed by atoms with E-state index in [1.54, 1.807) is 0 Å². The summed E-state index contributed by atoms with van der Waals surface area (Å²) in [5.74, 6) is 0. The van der Waals surface area contributed by atoms with Crippen LogP contribution in [0.25, 0.3) is 21.9 Å². The molecule has 5 heteroatoms. The van der Waals surface area contributed by atoms with Gasteiger partial charge in [0.1, 0.15) is 11.2 Å². The van der Waals surface area contributed by atoms with E-state index in [-0.39, 0.29) is 44.6 Å². The van der Waals surface area contributed by atoms with E-state index in [1.807, 2.05) is 0 Å². The fourth-order valence-electron chi connectivity index (χ4n) is 14.6. The molecular formula is C77H86BN3O. The lowest BCUT2D eigenvalue weighted by molar-refractivity contribution is 0.332. The summed E-state index contributed by atoms with van der Waals surface area (Å²) in [5.41, 5.74) is 27.7. The average Bonchev–Trinajstić information content (AvgIpc) is 0.998. The molecule has 0 spiro atoms. The van der Waals surface area contributed by atoms with E-state index in [2.05, 4.69) is 285 Å². The summed E-state index contributed by atoms with van der Waals surface area (Å²) in [6.45, 7) is 42.7. The molecule has 13 rings (SSSR count). The van der Waals surface area contributed by atoms with Gasteiger partial charge < -0.3 is 19.1 Å². The minimum Gasteiger partial charge on any atom is -0.456 e. The zero-order chi connectivity index (χ0) is 58.2. The Morgan fingerprint density at radius 2 is 0.817 bits per heavy atom. The van der Waals surface area contributed by atoms with Crippen LogP contribution in [0.1, 0.15) is 188 Å². The van der Waals surface area contributed by atoms with Crippen LogP contribution in [0.3, 0.4) is 0 Å². The van der Waals surface area contributed by atoms with E-state index in [1.165, 1.54) is 95.8 Å². The number of hydrogen-bond donors (Lipinski definition) is 0. The molecule has 4 nitrogen and oxygen atoms in total. The van der Waals surface area contributed by atoms with Crippen molar-refractivity contribution in [2.45, 2.75) is 188 Å². The third kappa shape index (κ3) is 8.67. The first-order chi connectivity index (χ1) is 38.4. The second kappa shape index (κ2) is 18.0. The van der Waals surface area contributed by atoms with Crippen LogP contribution in [0.4, 0.5) is 51.2 Å². The Bertz CT molecular complexity index is 4010. The first-order valence-electron chi connectivity index (χ1n) is 30.6. The zero-order valence-corrected chi connectivity index (χ0v) is 52.5. The van der Waals surface area contributed by atoms with Gasteiger partial charge in [-0.05, 0) is 216 Å². The van der Waals surface area contributed by atoms with Crippen LogP contribution >= 0.6 is 0 Å². The highest BCUT2D eigenvalue weighted by Crippen LogP contribution is 2.54. The molecule has 0 saturated heterocycles. The van der Waals surface area contributed by atoms with Gasteiger partial charge in [-0.1, -0.05) is 172 Å². The number of aryl methyl sites for hydroxylation is 1. The third-order valence-electron chi connectivity index (χ3n) is 20.1. The molecule has 0 N–H and O–H groups in total. The number of rotatable bonds is 5. The van der Waals surface area contributed by atoms with Gasteiger partial charge in [-0.15, -0.1) is 0 Å². The van der Waals surface area contributed by atoms with Crippen LogP contribution < -0.4 is 31.1 Å². The van der Waals surface area contributed by atoms with Gasteiger partial charge in [-0.3, -0.25) is 0 Å². The molecule has 0 saturated carbocycles. The van der Waals surface area contributed by atoms with E-state index in [0.717, 1.165) is 64.0 Å². The van der Waals surface area contributed by atoms with Crippen molar-refractivity contribution < 1.29 is 4.42 Å². The van der Waals surface area contributed by atoms with Gasteiger partial charge in [-0.2, -0.15) is 0 Å². The van der Waals surface area contributed by atoms with Gasteiger partial charge in [0.05, 0.1) is 0 Å². The summed E-state index contributed by atoms with van der Waals surface area (Å²) < 4.78 is 6.99. The Labute approximate surface area is 491 Å². The predicted octanol–water partition coefficient (Wildman–Crippen LogP) is 20.0. The highest BCUT2D eigenvalue weighted by molar-refractivity contribution is 7.00. The Balaban J connectivity index is 1.11. The molecule has 0 bridgehead atoms. The van der Waals surface area contributed by atoms with Crippen LogP contribution in [0.5, 0.6) is 0 Å². The van der Waals surface area contributed by atoms with Crippen molar-refractivity contribution in [1.82, 2.24) is 0 Å². The van der Waals surface area contributed by atoms with Gasteiger partial charge in [0.15, 0.2) is 0 Å². The lowest BCUT2D eigenvalue weighted by Gasteiger charge is -2.48. The molecule has 0 radical (unpaired) electrons. The maximum Gasteiger partial charge on any atom is 0.252 e. The lowest BCUT2D eigenvalue weighted by Crippen LogP contribution is -2.62. The summed E-state index contributed by atoms with van der Waals surface area (Å²) >= 11 is 0. The van der Waals surface area contributed by atoms with Crippen LogP contribution in [0.15, 0.2) is 150 Å². The number of nitrogens with zero attached hydrogens (tertiary/aromatic N) is 3. The summed E-state index contributed by atoms with van der Waals surface area (Å²) in [6.07, 6.45) is 4.65. The molecule has 2 aliphatic heterocycles. The average molecular weight is 1080 g/mol. The molecule has 8 aromatic carbocycles. The van der Waals surface area contributed by atoms with E-state index < -0.39 is 0 Å². The summed E-state index contributed by atoms with van der Waals surface area (Å²) in [6, 6.07) is 57.5. The van der Waals surface area contributed by atoms with Gasteiger partial charge in [0.25, 0.3) is 6.71 Å². The molecule has 0 unspecified atom stereocenters. The van der Waals surface area contributed by atoms with Crippen molar-refractivity contribution in [3.05, 3.63) is 190 Å².